The van der Waals surface area contributed by atoms with E-state index >= 15 is 0 Å². The van der Waals surface area contributed by atoms with Gasteiger partial charge in [-0.25, -0.2) is 4.79 Å². The Kier molecular flexibility index (Phi) is 6.20. The highest BCUT2D eigenvalue weighted by Crippen LogP contribution is 2.27. The number of rotatable bonds is 4. The molecule has 0 aliphatic carbocycles. The molecule has 0 radical (unpaired) electrons. The minimum absolute atomic E-state index is 0.316. The van der Waals surface area contributed by atoms with Crippen LogP contribution in [0.1, 0.15) is 33.6 Å². The van der Waals surface area contributed by atoms with Crippen LogP contribution in [0.2, 0.25) is 0 Å². The van der Waals surface area contributed by atoms with Crippen LogP contribution in [0.25, 0.3) is 0 Å². The third kappa shape index (κ3) is 5.79. The topological polar surface area (TPSA) is 84.8 Å². The molecule has 0 spiro atoms. The maximum absolute atomic E-state index is 12.9. The number of hydrogen-bond acceptors (Lipinski definition) is 5. The lowest BCUT2D eigenvalue weighted by Crippen LogP contribution is -2.43. The molecule has 1 amide bonds. The van der Waals surface area contributed by atoms with E-state index in [0.29, 0.717) is 18.2 Å². The number of piperidine rings is 1. The Labute approximate surface area is 173 Å². The molecule has 6 nitrogen and oxygen atoms in total. The summed E-state index contributed by atoms with van der Waals surface area (Å²) in [5, 5.41) is 0. The van der Waals surface area contributed by atoms with Gasteiger partial charge in [0.25, 0.3) is 0 Å². The van der Waals surface area contributed by atoms with E-state index < -0.39 is 5.60 Å². The van der Waals surface area contributed by atoms with Crippen molar-refractivity contribution in [1.29, 1.82) is 0 Å². The van der Waals surface area contributed by atoms with Gasteiger partial charge in [0.05, 0.1) is 0 Å². The summed E-state index contributed by atoms with van der Waals surface area (Å²) in [5.41, 5.74) is 14.5. The molecule has 0 atom stereocenters. The normalized spacial score (nSPS) is 15.2. The lowest BCUT2D eigenvalue weighted by molar-refractivity contribution is 0.0573. The molecule has 0 saturated carbocycles. The van der Waals surface area contributed by atoms with E-state index in [4.69, 9.17) is 16.2 Å². The first-order chi connectivity index (χ1) is 13.7. The quantitative estimate of drug-likeness (QED) is 0.743. The maximum atomic E-state index is 12.9. The van der Waals surface area contributed by atoms with Gasteiger partial charge >= 0.3 is 6.09 Å². The molecule has 156 valence electrons. The fourth-order valence-electron chi connectivity index (χ4n) is 3.57. The zero-order valence-corrected chi connectivity index (χ0v) is 17.6. The number of hydrogen-bond donors (Lipinski definition) is 2. The second-order valence-corrected chi connectivity index (χ2v) is 8.70. The Morgan fingerprint density at radius 1 is 1.00 bits per heavy atom. The molecule has 4 N–H and O–H groups in total. The lowest BCUT2D eigenvalue weighted by Gasteiger charge is -2.36. The van der Waals surface area contributed by atoms with E-state index in [9.17, 15) is 4.79 Å². The number of nitrogens with zero attached hydrogens (tertiary/aromatic N) is 2. The number of carbonyl (C=O) groups excluding carboxylic acids is 1. The van der Waals surface area contributed by atoms with Gasteiger partial charge in [0.15, 0.2) is 0 Å². The smallest absolute Gasteiger partial charge is 0.414 e. The average Bonchev–Trinajstić information content (AvgIpc) is 2.67. The Hall–Kier alpha value is -2.89. The van der Waals surface area contributed by atoms with Crippen molar-refractivity contribution in [2.45, 2.75) is 39.2 Å². The van der Waals surface area contributed by atoms with Crippen LogP contribution in [-0.4, -0.2) is 31.3 Å². The van der Waals surface area contributed by atoms with Gasteiger partial charge in [-0.1, -0.05) is 0 Å². The molecule has 29 heavy (non-hydrogen) atoms. The van der Waals surface area contributed by atoms with Gasteiger partial charge in [0.2, 0.25) is 0 Å². The summed E-state index contributed by atoms with van der Waals surface area (Å²) in [6.07, 6.45) is 1.71. The second-order valence-electron chi connectivity index (χ2n) is 8.70. The number of carbonyl (C=O) groups is 1. The maximum Gasteiger partial charge on any atom is 0.414 e. The predicted molar refractivity (Wildman–Crippen MR) is 120 cm³/mol. The molecule has 2 aromatic carbocycles. The standard InChI is InChI=1S/C23H32N4O2/c1-23(2,3)29-22(28)27(21-10-6-19(25)7-11-21)16-17-12-14-26(15-13-17)20-8-4-18(24)5-9-20/h4-11,17H,12-16,24-25H2,1-3H3. The third-order valence-corrected chi connectivity index (χ3v) is 5.13. The Balaban J connectivity index is 1.67. The molecule has 2 aromatic rings. The van der Waals surface area contributed by atoms with Crippen LogP contribution in [-0.2, 0) is 4.74 Å². The predicted octanol–water partition coefficient (Wildman–Crippen LogP) is 4.51. The molecule has 1 heterocycles. The van der Waals surface area contributed by atoms with Crippen molar-refractivity contribution < 1.29 is 9.53 Å². The fraction of sp³-hybridized carbons (Fsp3) is 0.435. The van der Waals surface area contributed by atoms with E-state index in [-0.39, 0.29) is 6.09 Å². The van der Waals surface area contributed by atoms with E-state index in [1.165, 1.54) is 5.69 Å². The van der Waals surface area contributed by atoms with Crippen molar-refractivity contribution in [3.63, 3.8) is 0 Å². The van der Waals surface area contributed by atoms with Crippen molar-refractivity contribution in [3.8, 4) is 0 Å². The summed E-state index contributed by atoms with van der Waals surface area (Å²) in [6.45, 7) is 8.21. The van der Waals surface area contributed by atoms with Crippen LogP contribution < -0.4 is 21.3 Å². The van der Waals surface area contributed by atoms with Crippen LogP contribution >= 0.6 is 0 Å². The molecule has 1 aliphatic heterocycles. The highest BCUT2D eigenvalue weighted by atomic mass is 16.6. The minimum Gasteiger partial charge on any atom is -0.443 e. The Morgan fingerprint density at radius 2 is 1.52 bits per heavy atom. The molecule has 0 aromatic heterocycles. The zero-order valence-electron chi connectivity index (χ0n) is 17.6. The molecule has 6 heteroatoms. The SMILES string of the molecule is CC(C)(C)OC(=O)N(CC1CCN(c2ccc(N)cc2)CC1)c1ccc(N)cc1. The summed E-state index contributed by atoms with van der Waals surface area (Å²) >= 11 is 0. The highest BCUT2D eigenvalue weighted by molar-refractivity contribution is 5.88. The van der Waals surface area contributed by atoms with Gasteiger partial charge in [-0.05, 0) is 88.1 Å². The van der Waals surface area contributed by atoms with E-state index in [1.54, 1.807) is 4.90 Å². The van der Waals surface area contributed by atoms with Crippen molar-refractivity contribution >= 4 is 28.8 Å². The van der Waals surface area contributed by atoms with Gasteiger partial charge < -0.3 is 21.1 Å². The zero-order chi connectivity index (χ0) is 21.0. The second kappa shape index (κ2) is 8.64. The van der Waals surface area contributed by atoms with Gasteiger partial charge in [0.1, 0.15) is 5.60 Å². The molecule has 0 unspecified atom stereocenters. The van der Waals surface area contributed by atoms with E-state index in [2.05, 4.69) is 17.0 Å². The summed E-state index contributed by atoms with van der Waals surface area (Å²) in [7, 11) is 0. The summed E-state index contributed by atoms with van der Waals surface area (Å²) in [4.78, 5) is 17.0. The van der Waals surface area contributed by atoms with Gasteiger partial charge in [-0.2, -0.15) is 0 Å². The van der Waals surface area contributed by atoms with Crippen molar-refractivity contribution in [3.05, 3.63) is 48.5 Å². The average molecular weight is 397 g/mol. The molecular weight excluding hydrogens is 364 g/mol. The van der Waals surface area contributed by atoms with Crippen molar-refractivity contribution in [2.24, 2.45) is 5.92 Å². The molecule has 1 aliphatic rings. The Morgan fingerprint density at radius 3 is 2.03 bits per heavy atom. The van der Waals surface area contributed by atoms with Crippen LogP contribution in [0.3, 0.4) is 0 Å². The summed E-state index contributed by atoms with van der Waals surface area (Å²) < 4.78 is 5.66. The molecule has 3 rings (SSSR count). The first-order valence-electron chi connectivity index (χ1n) is 10.2. The number of ether oxygens (including phenoxy) is 1. The molecule has 1 fully saturated rings. The third-order valence-electron chi connectivity index (χ3n) is 5.13. The molecule has 0 bridgehead atoms. The molecule has 1 saturated heterocycles. The monoisotopic (exact) mass is 396 g/mol. The summed E-state index contributed by atoms with van der Waals surface area (Å²) in [5.74, 6) is 0.408. The first-order valence-corrected chi connectivity index (χ1v) is 10.2. The van der Waals surface area contributed by atoms with E-state index in [0.717, 1.165) is 37.3 Å². The fourth-order valence-corrected chi connectivity index (χ4v) is 3.57. The largest absolute Gasteiger partial charge is 0.443 e. The van der Waals surface area contributed by atoms with Gasteiger partial charge in [-0.15, -0.1) is 0 Å². The highest BCUT2D eigenvalue weighted by Gasteiger charge is 2.28. The number of nitrogen functional groups attached to an aromatic ring is 2. The first kappa shape index (κ1) is 20.8. The van der Waals surface area contributed by atoms with Crippen LogP contribution in [0, 0.1) is 5.92 Å². The minimum atomic E-state index is -0.540. The Bertz CT molecular complexity index is 804. The number of amides is 1. The van der Waals surface area contributed by atoms with Crippen molar-refractivity contribution in [2.75, 3.05) is 40.9 Å². The van der Waals surface area contributed by atoms with Crippen LogP contribution in [0.5, 0.6) is 0 Å². The van der Waals surface area contributed by atoms with Gasteiger partial charge in [0, 0.05) is 42.4 Å². The number of nitrogens with two attached hydrogens (primary N) is 2. The van der Waals surface area contributed by atoms with Crippen LogP contribution in [0.15, 0.2) is 48.5 Å². The number of anilines is 4. The van der Waals surface area contributed by atoms with Crippen molar-refractivity contribution in [1.82, 2.24) is 0 Å². The van der Waals surface area contributed by atoms with E-state index in [1.807, 2.05) is 57.2 Å². The lowest BCUT2D eigenvalue weighted by atomic mass is 9.95. The van der Waals surface area contributed by atoms with Gasteiger partial charge in [-0.3, -0.25) is 4.90 Å². The van der Waals surface area contributed by atoms with Crippen LogP contribution in [0.4, 0.5) is 27.5 Å². The number of benzene rings is 2. The summed E-state index contributed by atoms with van der Waals surface area (Å²) in [6, 6.07) is 15.4. The molecular formula is C23H32N4O2.